The van der Waals surface area contributed by atoms with Crippen molar-refractivity contribution in [2.75, 3.05) is 6.54 Å². The highest BCUT2D eigenvalue weighted by molar-refractivity contribution is 9.10. The highest BCUT2D eigenvalue weighted by Crippen LogP contribution is 2.30. The van der Waals surface area contributed by atoms with Gasteiger partial charge in [-0.05, 0) is 22.0 Å². The van der Waals surface area contributed by atoms with Crippen LogP contribution in [0.25, 0.3) is 0 Å². The molecule has 0 heterocycles. The van der Waals surface area contributed by atoms with Gasteiger partial charge in [0.05, 0.1) is 4.47 Å². The summed E-state index contributed by atoms with van der Waals surface area (Å²) in [4.78, 5) is 0. The predicted octanol–water partition coefficient (Wildman–Crippen LogP) is 1.11. The fourth-order valence-electron chi connectivity index (χ4n) is 0.958. The lowest BCUT2D eigenvalue weighted by atomic mass is 10.1. The highest BCUT2D eigenvalue weighted by atomic mass is 79.9. The fourth-order valence-corrected chi connectivity index (χ4v) is 1.34. The Labute approximate surface area is 79.5 Å². The third-order valence-electron chi connectivity index (χ3n) is 1.67. The fraction of sp³-hybridized carbons (Fsp3) is 0.250. The minimum Gasteiger partial charge on any atom is -0.506 e. The Bertz CT molecular complexity index is 278. The Kier molecular flexibility index (Phi) is 3.08. The molecule has 1 atom stereocenters. The maximum absolute atomic E-state index is 9.52. The Morgan fingerprint density at radius 2 is 2.17 bits per heavy atom. The zero-order chi connectivity index (χ0) is 9.14. The maximum Gasteiger partial charge on any atom is 0.134 e. The van der Waals surface area contributed by atoms with Gasteiger partial charge in [-0.1, -0.05) is 12.1 Å². The Morgan fingerprint density at radius 3 is 2.75 bits per heavy atom. The topological polar surface area (TPSA) is 72.3 Å². The molecule has 5 N–H and O–H groups in total. The van der Waals surface area contributed by atoms with Gasteiger partial charge in [-0.25, -0.2) is 0 Å². The maximum atomic E-state index is 9.52. The van der Waals surface area contributed by atoms with Crippen LogP contribution < -0.4 is 11.5 Å². The molecule has 0 radical (unpaired) electrons. The zero-order valence-corrected chi connectivity index (χ0v) is 8.08. The normalized spacial score (nSPS) is 12.9. The van der Waals surface area contributed by atoms with Crippen LogP contribution in [0.3, 0.4) is 0 Å². The third kappa shape index (κ3) is 1.77. The van der Waals surface area contributed by atoms with Crippen molar-refractivity contribution in [2.45, 2.75) is 6.04 Å². The summed E-state index contributed by atoms with van der Waals surface area (Å²) >= 11 is 3.20. The summed E-state index contributed by atoms with van der Waals surface area (Å²) < 4.78 is 0.643. The average molecular weight is 231 g/mol. The molecule has 66 valence electrons. The molecule has 0 aliphatic heterocycles. The van der Waals surface area contributed by atoms with Crippen molar-refractivity contribution in [3.63, 3.8) is 0 Å². The van der Waals surface area contributed by atoms with Crippen molar-refractivity contribution >= 4 is 15.9 Å². The first-order valence-corrected chi connectivity index (χ1v) is 4.39. The minimum absolute atomic E-state index is 0.176. The van der Waals surface area contributed by atoms with Gasteiger partial charge in [0.1, 0.15) is 5.75 Å². The molecule has 0 unspecified atom stereocenters. The van der Waals surface area contributed by atoms with Crippen molar-refractivity contribution in [1.82, 2.24) is 0 Å². The number of phenolic OH excluding ortho intramolecular Hbond substituents is 1. The quantitative estimate of drug-likeness (QED) is 0.713. The lowest BCUT2D eigenvalue weighted by molar-refractivity contribution is 0.458. The summed E-state index contributed by atoms with van der Waals surface area (Å²) in [5, 5.41) is 9.52. The number of para-hydroxylation sites is 1. The molecular formula is C8H11BrN2O. The number of hydrogen-bond donors (Lipinski definition) is 3. The van der Waals surface area contributed by atoms with E-state index in [4.69, 9.17) is 11.5 Å². The Morgan fingerprint density at radius 1 is 1.50 bits per heavy atom. The molecule has 12 heavy (non-hydrogen) atoms. The van der Waals surface area contributed by atoms with Gasteiger partial charge in [-0.15, -0.1) is 0 Å². The lowest BCUT2D eigenvalue weighted by Gasteiger charge is -2.11. The number of hydrogen-bond acceptors (Lipinski definition) is 3. The van der Waals surface area contributed by atoms with Crippen LogP contribution in [0, 0.1) is 0 Å². The van der Waals surface area contributed by atoms with Gasteiger partial charge in [0, 0.05) is 18.2 Å². The van der Waals surface area contributed by atoms with E-state index in [0.717, 1.165) is 0 Å². The molecule has 0 saturated carbocycles. The van der Waals surface area contributed by atoms with E-state index in [2.05, 4.69) is 15.9 Å². The van der Waals surface area contributed by atoms with Gasteiger partial charge in [0.25, 0.3) is 0 Å². The van der Waals surface area contributed by atoms with E-state index >= 15 is 0 Å². The lowest BCUT2D eigenvalue weighted by Crippen LogP contribution is -2.20. The molecule has 1 aromatic rings. The minimum atomic E-state index is -0.303. The molecule has 0 amide bonds. The highest BCUT2D eigenvalue weighted by Gasteiger charge is 2.10. The van der Waals surface area contributed by atoms with Gasteiger partial charge in [0.15, 0.2) is 0 Å². The van der Waals surface area contributed by atoms with E-state index in [-0.39, 0.29) is 11.8 Å². The number of benzene rings is 1. The number of nitrogens with two attached hydrogens (primary N) is 2. The van der Waals surface area contributed by atoms with Crippen molar-refractivity contribution in [3.8, 4) is 5.75 Å². The van der Waals surface area contributed by atoms with Gasteiger partial charge >= 0.3 is 0 Å². The Balaban J connectivity index is 3.07. The number of aromatic hydroxyl groups is 1. The summed E-state index contributed by atoms with van der Waals surface area (Å²) in [6.45, 7) is 0.323. The molecule has 3 nitrogen and oxygen atoms in total. The molecule has 1 aromatic carbocycles. The van der Waals surface area contributed by atoms with Crippen LogP contribution in [0.15, 0.2) is 22.7 Å². The van der Waals surface area contributed by atoms with Crippen LogP contribution >= 0.6 is 15.9 Å². The average Bonchev–Trinajstić information content (AvgIpc) is 2.08. The second-order valence-electron chi connectivity index (χ2n) is 2.52. The van der Waals surface area contributed by atoms with Gasteiger partial charge in [0.2, 0.25) is 0 Å². The Hall–Kier alpha value is -0.580. The van der Waals surface area contributed by atoms with Gasteiger partial charge in [-0.3, -0.25) is 0 Å². The number of halogens is 1. The van der Waals surface area contributed by atoms with Crippen molar-refractivity contribution < 1.29 is 5.11 Å². The summed E-state index contributed by atoms with van der Waals surface area (Å²) in [6, 6.07) is 5.02. The summed E-state index contributed by atoms with van der Waals surface area (Å²) in [5.41, 5.74) is 11.7. The van der Waals surface area contributed by atoms with Crippen LogP contribution in [-0.2, 0) is 0 Å². The second-order valence-corrected chi connectivity index (χ2v) is 3.37. The summed E-state index contributed by atoms with van der Waals surface area (Å²) in [6.07, 6.45) is 0. The number of phenols is 1. The van der Waals surface area contributed by atoms with Crippen molar-refractivity contribution in [1.29, 1.82) is 0 Å². The van der Waals surface area contributed by atoms with E-state index in [9.17, 15) is 5.11 Å². The van der Waals surface area contributed by atoms with E-state index in [0.29, 0.717) is 16.6 Å². The van der Waals surface area contributed by atoms with E-state index in [1.165, 1.54) is 0 Å². The zero-order valence-electron chi connectivity index (χ0n) is 6.50. The molecule has 0 aliphatic carbocycles. The third-order valence-corrected chi connectivity index (χ3v) is 2.31. The van der Waals surface area contributed by atoms with Gasteiger partial charge < -0.3 is 16.6 Å². The molecule has 0 aliphatic rings. The SMILES string of the molecule is NC[C@@H](N)c1cccc(Br)c1O. The molecular weight excluding hydrogens is 220 g/mol. The molecule has 0 bridgehead atoms. The van der Waals surface area contributed by atoms with Crippen molar-refractivity contribution in [2.24, 2.45) is 11.5 Å². The molecule has 0 saturated heterocycles. The van der Waals surface area contributed by atoms with Crippen LogP contribution in [0.4, 0.5) is 0 Å². The first-order chi connectivity index (χ1) is 5.66. The van der Waals surface area contributed by atoms with E-state index in [1.807, 2.05) is 6.07 Å². The first kappa shape index (κ1) is 9.51. The monoisotopic (exact) mass is 230 g/mol. The second kappa shape index (κ2) is 3.89. The van der Waals surface area contributed by atoms with E-state index < -0.39 is 0 Å². The standard InChI is InChI=1S/C8H11BrN2O/c9-6-3-1-2-5(8(6)12)7(11)4-10/h1-3,7,12H,4,10-11H2/t7-/m1/s1. The molecule has 4 heteroatoms. The largest absolute Gasteiger partial charge is 0.506 e. The number of rotatable bonds is 2. The molecule has 0 fully saturated rings. The summed E-state index contributed by atoms with van der Waals surface area (Å²) in [5.74, 6) is 0.176. The first-order valence-electron chi connectivity index (χ1n) is 3.60. The molecule has 0 aromatic heterocycles. The van der Waals surface area contributed by atoms with Gasteiger partial charge in [-0.2, -0.15) is 0 Å². The smallest absolute Gasteiger partial charge is 0.134 e. The van der Waals surface area contributed by atoms with Crippen LogP contribution in [0.1, 0.15) is 11.6 Å². The van der Waals surface area contributed by atoms with E-state index in [1.54, 1.807) is 12.1 Å². The van der Waals surface area contributed by atoms with Crippen LogP contribution in [0.2, 0.25) is 0 Å². The molecule has 1 rings (SSSR count). The summed E-state index contributed by atoms with van der Waals surface area (Å²) in [7, 11) is 0. The predicted molar refractivity (Wildman–Crippen MR) is 51.8 cm³/mol. The van der Waals surface area contributed by atoms with Crippen molar-refractivity contribution in [3.05, 3.63) is 28.2 Å². The van der Waals surface area contributed by atoms with Crippen LogP contribution in [0.5, 0.6) is 5.75 Å². The van der Waals surface area contributed by atoms with Crippen LogP contribution in [-0.4, -0.2) is 11.7 Å². The molecule has 0 spiro atoms.